The summed E-state index contributed by atoms with van der Waals surface area (Å²) in [6, 6.07) is 16.1. The topological polar surface area (TPSA) is 35.9 Å². The number of unbranched alkanes of at least 4 members (excludes halogenated alkanes) is 1. The number of thioether (sulfide) groups is 2. The fourth-order valence-electron chi connectivity index (χ4n) is 3.06. The van der Waals surface area contributed by atoms with E-state index in [0.29, 0.717) is 6.54 Å². The number of aliphatic imine (C=N–C) groups is 1. The highest BCUT2D eigenvalue weighted by atomic mass is 79.9. The predicted octanol–water partition coefficient (Wildman–Crippen LogP) is 6.22. The number of nitrogens with zero attached hydrogens (tertiary/aromatic N) is 3. The fourth-order valence-corrected chi connectivity index (χ4v) is 5.69. The minimum Gasteiger partial charge on any atom is -0.337 e. The van der Waals surface area contributed by atoms with Crippen LogP contribution < -0.4 is 4.90 Å². The van der Waals surface area contributed by atoms with E-state index in [1.54, 1.807) is 11.8 Å². The lowest BCUT2D eigenvalue weighted by molar-refractivity contribution is -0.122. The number of fused-ring (bicyclic) bond motifs is 1. The number of benzene rings is 2. The van der Waals surface area contributed by atoms with Gasteiger partial charge in [0.2, 0.25) is 0 Å². The van der Waals surface area contributed by atoms with Crippen molar-refractivity contribution in [2.45, 2.75) is 24.7 Å². The Kier molecular flexibility index (Phi) is 5.85. The summed E-state index contributed by atoms with van der Waals surface area (Å²) in [5.74, 6) is 0.0523. The van der Waals surface area contributed by atoms with Crippen LogP contribution in [0.2, 0.25) is 0 Å². The quantitative estimate of drug-likeness (QED) is 0.493. The summed E-state index contributed by atoms with van der Waals surface area (Å²) in [6.45, 7) is 2.83. The van der Waals surface area contributed by atoms with Crippen LogP contribution in [0.25, 0.3) is 0 Å². The van der Waals surface area contributed by atoms with Crippen molar-refractivity contribution in [2.24, 2.45) is 4.99 Å². The van der Waals surface area contributed by atoms with Crippen molar-refractivity contribution in [1.82, 2.24) is 4.90 Å². The Morgan fingerprint density at radius 2 is 1.82 bits per heavy atom. The van der Waals surface area contributed by atoms with Crippen LogP contribution in [0.15, 0.2) is 72.8 Å². The molecule has 0 aliphatic carbocycles. The monoisotopic (exact) mass is 473 g/mol. The van der Waals surface area contributed by atoms with Crippen molar-refractivity contribution in [3.63, 3.8) is 0 Å². The zero-order valence-corrected chi connectivity index (χ0v) is 18.9. The predicted molar refractivity (Wildman–Crippen MR) is 123 cm³/mol. The Morgan fingerprint density at radius 3 is 2.54 bits per heavy atom. The standard InChI is InChI=1S/C21H20BrN3OS2/c1-3-4-13-25-19(26)18(20-24(2)16-7-5-6-8-17(16)27-20)28-21(25)23-15-11-9-14(22)10-12-15/h5-12H,3-4,13H2,1-2H3/b20-18-,23-21?. The van der Waals surface area contributed by atoms with Crippen LogP contribution in [0, 0.1) is 0 Å². The molecule has 2 aromatic rings. The molecule has 0 saturated carbocycles. The molecule has 2 aliphatic rings. The van der Waals surface area contributed by atoms with Gasteiger partial charge in [0.05, 0.1) is 16.4 Å². The molecule has 0 aromatic heterocycles. The van der Waals surface area contributed by atoms with E-state index in [1.165, 1.54) is 16.7 Å². The van der Waals surface area contributed by atoms with Crippen molar-refractivity contribution in [3.8, 4) is 0 Å². The molecule has 0 N–H and O–H groups in total. The van der Waals surface area contributed by atoms with Gasteiger partial charge in [-0.25, -0.2) is 4.99 Å². The highest BCUT2D eigenvalue weighted by Crippen LogP contribution is 2.50. The molecular formula is C21H20BrN3OS2. The molecule has 1 fully saturated rings. The van der Waals surface area contributed by atoms with Gasteiger partial charge in [0.1, 0.15) is 4.91 Å². The fraction of sp³-hybridized carbons (Fsp3) is 0.238. The zero-order chi connectivity index (χ0) is 19.7. The van der Waals surface area contributed by atoms with Gasteiger partial charge in [-0.1, -0.05) is 53.2 Å². The van der Waals surface area contributed by atoms with Crippen LogP contribution in [-0.4, -0.2) is 29.6 Å². The van der Waals surface area contributed by atoms with Gasteiger partial charge in [0, 0.05) is 23.0 Å². The molecule has 0 spiro atoms. The van der Waals surface area contributed by atoms with E-state index in [4.69, 9.17) is 4.99 Å². The first-order valence-electron chi connectivity index (χ1n) is 9.17. The highest BCUT2D eigenvalue weighted by Gasteiger charge is 2.38. The molecule has 7 heteroatoms. The molecule has 2 heterocycles. The maximum absolute atomic E-state index is 13.3. The van der Waals surface area contributed by atoms with Crippen molar-refractivity contribution < 1.29 is 4.79 Å². The van der Waals surface area contributed by atoms with E-state index in [1.807, 2.05) is 48.3 Å². The molecule has 0 unspecified atom stereocenters. The number of anilines is 1. The number of hydrogen-bond acceptors (Lipinski definition) is 5. The van der Waals surface area contributed by atoms with Crippen molar-refractivity contribution >= 4 is 61.9 Å². The number of amides is 1. The Labute approximate surface area is 182 Å². The normalized spacial score (nSPS) is 20.4. The summed E-state index contributed by atoms with van der Waals surface area (Å²) in [7, 11) is 2.02. The molecule has 0 bridgehead atoms. The second kappa shape index (κ2) is 8.35. The number of halogens is 1. The average molecular weight is 474 g/mol. The summed E-state index contributed by atoms with van der Waals surface area (Å²) in [4.78, 5) is 23.9. The van der Waals surface area contributed by atoms with Gasteiger partial charge in [-0.3, -0.25) is 9.69 Å². The van der Waals surface area contributed by atoms with Gasteiger partial charge >= 0.3 is 0 Å². The van der Waals surface area contributed by atoms with E-state index in [-0.39, 0.29) is 5.91 Å². The molecule has 0 radical (unpaired) electrons. The van der Waals surface area contributed by atoms with Crippen LogP contribution >= 0.6 is 39.5 Å². The first-order valence-corrected chi connectivity index (χ1v) is 11.6. The van der Waals surface area contributed by atoms with Crippen LogP contribution in [0.1, 0.15) is 19.8 Å². The molecule has 4 rings (SSSR count). The Morgan fingerprint density at radius 1 is 1.07 bits per heavy atom. The Bertz CT molecular complexity index is 972. The first kappa shape index (κ1) is 19.6. The highest BCUT2D eigenvalue weighted by molar-refractivity contribution is 9.10. The van der Waals surface area contributed by atoms with Crippen LogP contribution in [-0.2, 0) is 4.79 Å². The van der Waals surface area contributed by atoms with Gasteiger partial charge in [-0.2, -0.15) is 0 Å². The van der Waals surface area contributed by atoms with Gasteiger partial charge in [0.25, 0.3) is 5.91 Å². The van der Waals surface area contributed by atoms with E-state index >= 15 is 0 Å². The lowest BCUT2D eigenvalue weighted by Crippen LogP contribution is -2.30. The summed E-state index contributed by atoms with van der Waals surface area (Å²) in [5, 5.41) is 1.74. The molecule has 2 aliphatic heterocycles. The summed E-state index contributed by atoms with van der Waals surface area (Å²) in [6.07, 6.45) is 1.99. The van der Waals surface area contributed by atoms with Gasteiger partial charge in [-0.05, 0) is 54.6 Å². The summed E-state index contributed by atoms with van der Waals surface area (Å²) < 4.78 is 1.01. The van der Waals surface area contributed by atoms with Gasteiger partial charge in [-0.15, -0.1) is 0 Å². The second-order valence-electron chi connectivity index (χ2n) is 6.55. The molecule has 4 nitrogen and oxygen atoms in total. The van der Waals surface area contributed by atoms with E-state index in [9.17, 15) is 4.79 Å². The van der Waals surface area contributed by atoms with Crippen molar-refractivity contribution in [3.05, 3.63) is 62.9 Å². The third-order valence-corrected chi connectivity index (χ3v) is 7.54. The average Bonchev–Trinajstić information content (AvgIpc) is 3.19. The number of para-hydroxylation sites is 1. The molecular weight excluding hydrogens is 454 g/mol. The molecule has 1 amide bonds. The molecule has 0 atom stereocenters. The minimum atomic E-state index is 0.0523. The Hall–Kier alpha value is -1.70. The SMILES string of the molecule is CCCCN1C(=O)/C(=C2/Sc3ccccc3N2C)SC1=Nc1ccc(Br)cc1. The third-order valence-electron chi connectivity index (χ3n) is 4.58. The van der Waals surface area contributed by atoms with Crippen LogP contribution in [0.5, 0.6) is 0 Å². The van der Waals surface area contributed by atoms with Crippen LogP contribution in [0.3, 0.4) is 0 Å². The number of hydrogen-bond donors (Lipinski definition) is 0. The second-order valence-corrected chi connectivity index (χ2v) is 9.47. The number of carbonyl (C=O) groups is 1. The molecule has 144 valence electrons. The molecule has 1 saturated heterocycles. The van der Waals surface area contributed by atoms with Crippen molar-refractivity contribution in [2.75, 3.05) is 18.5 Å². The third kappa shape index (κ3) is 3.75. The molecule has 28 heavy (non-hydrogen) atoms. The number of rotatable bonds is 4. The lowest BCUT2D eigenvalue weighted by Gasteiger charge is -2.16. The van der Waals surface area contributed by atoms with E-state index in [2.05, 4.69) is 39.9 Å². The van der Waals surface area contributed by atoms with Crippen molar-refractivity contribution in [1.29, 1.82) is 0 Å². The smallest absolute Gasteiger partial charge is 0.269 e. The zero-order valence-electron chi connectivity index (χ0n) is 15.7. The minimum absolute atomic E-state index is 0.0523. The largest absolute Gasteiger partial charge is 0.337 e. The summed E-state index contributed by atoms with van der Waals surface area (Å²) in [5.41, 5.74) is 1.99. The molecule has 2 aromatic carbocycles. The van der Waals surface area contributed by atoms with E-state index < -0.39 is 0 Å². The number of carbonyl (C=O) groups excluding carboxylic acids is 1. The Balaban J connectivity index is 1.71. The van der Waals surface area contributed by atoms with Gasteiger partial charge in [0.15, 0.2) is 5.17 Å². The van der Waals surface area contributed by atoms with Gasteiger partial charge < -0.3 is 4.90 Å². The maximum Gasteiger partial charge on any atom is 0.269 e. The maximum atomic E-state index is 13.3. The van der Waals surface area contributed by atoms with Crippen LogP contribution in [0.4, 0.5) is 11.4 Å². The lowest BCUT2D eigenvalue weighted by atomic mass is 10.3. The van der Waals surface area contributed by atoms with E-state index in [0.717, 1.165) is 43.8 Å². The first-order chi connectivity index (χ1) is 13.6. The summed E-state index contributed by atoms with van der Waals surface area (Å²) >= 11 is 6.59. The number of amidine groups is 1.